The second-order valence-electron chi connectivity index (χ2n) is 8.10. The third-order valence-corrected chi connectivity index (χ3v) is 6.17. The third-order valence-electron chi connectivity index (χ3n) is 5.94. The normalized spacial score (nSPS) is 12.0. The van der Waals surface area contributed by atoms with Gasteiger partial charge in [-0.05, 0) is 54.7 Å². The van der Waals surface area contributed by atoms with Crippen LogP contribution in [0.1, 0.15) is 40.4 Å². The summed E-state index contributed by atoms with van der Waals surface area (Å²) in [7, 11) is 3.46. The highest BCUT2D eigenvalue weighted by molar-refractivity contribution is 6.30. The Morgan fingerprint density at radius 1 is 1.12 bits per heavy atom. The summed E-state index contributed by atoms with van der Waals surface area (Å²) in [4.78, 5) is 17.8. The lowest BCUT2D eigenvalue weighted by atomic mass is 9.97. The molecule has 0 saturated carbocycles. The van der Waals surface area contributed by atoms with Gasteiger partial charge in [-0.3, -0.25) is 4.79 Å². The van der Waals surface area contributed by atoms with Gasteiger partial charge in [0.05, 0.1) is 18.5 Å². The van der Waals surface area contributed by atoms with E-state index in [1.807, 2.05) is 75.5 Å². The molecule has 4 aromatic rings. The SMILES string of the molecule is COc1nn(C)c2nc(C)c(CCC(=O)NC(c3ccccc3)c3cccc(Cl)c3)c(C)c12. The van der Waals surface area contributed by atoms with Crippen molar-refractivity contribution >= 4 is 28.5 Å². The van der Waals surface area contributed by atoms with Crippen LogP contribution >= 0.6 is 11.6 Å². The molecule has 1 unspecified atom stereocenters. The van der Waals surface area contributed by atoms with Gasteiger partial charge in [-0.25, -0.2) is 9.67 Å². The third kappa shape index (κ3) is 4.71. The lowest BCUT2D eigenvalue weighted by Gasteiger charge is -2.20. The summed E-state index contributed by atoms with van der Waals surface area (Å²) in [5.74, 6) is 0.508. The second-order valence-corrected chi connectivity index (χ2v) is 8.53. The number of methoxy groups -OCH3 is 1. The van der Waals surface area contributed by atoms with Crippen LogP contribution < -0.4 is 10.1 Å². The van der Waals surface area contributed by atoms with Gasteiger partial charge in [-0.2, -0.15) is 0 Å². The Morgan fingerprint density at radius 3 is 2.55 bits per heavy atom. The molecule has 2 heterocycles. The Hall–Kier alpha value is -3.38. The number of nitrogens with one attached hydrogen (secondary N) is 1. The molecule has 0 spiro atoms. The molecule has 2 aromatic carbocycles. The van der Waals surface area contributed by atoms with Crippen LogP contribution in [-0.2, 0) is 18.3 Å². The van der Waals surface area contributed by atoms with Gasteiger partial charge in [-0.15, -0.1) is 5.10 Å². The monoisotopic (exact) mass is 462 g/mol. The van der Waals surface area contributed by atoms with Gasteiger partial charge in [0.1, 0.15) is 0 Å². The van der Waals surface area contributed by atoms with Crippen LogP contribution in [0.4, 0.5) is 0 Å². The highest BCUT2D eigenvalue weighted by Crippen LogP contribution is 2.31. The molecule has 0 aliphatic rings. The Labute approximate surface area is 198 Å². The fourth-order valence-electron chi connectivity index (χ4n) is 4.27. The summed E-state index contributed by atoms with van der Waals surface area (Å²) in [6.07, 6.45) is 0.906. The number of aromatic nitrogens is 3. The maximum Gasteiger partial charge on any atom is 0.242 e. The van der Waals surface area contributed by atoms with Gasteiger partial charge in [0.25, 0.3) is 0 Å². The summed E-state index contributed by atoms with van der Waals surface area (Å²) in [5, 5.41) is 9.12. The van der Waals surface area contributed by atoms with Gasteiger partial charge in [-0.1, -0.05) is 54.1 Å². The molecule has 1 atom stereocenters. The maximum absolute atomic E-state index is 13.1. The van der Waals surface area contributed by atoms with E-state index in [9.17, 15) is 4.79 Å². The van der Waals surface area contributed by atoms with Crippen molar-refractivity contribution in [2.45, 2.75) is 32.7 Å². The average molecular weight is 463 g/mol. The molecular weight excluding hydrogens is 436 g/mol. The number of ether oxygens (including phenoxy) is 1. The van der Waals surface area contributed by atoms with Crippen molar-refractivity contribution in [3.8, 4) is 5.88 Å². The lowest BCUT2D eigenvalue weighted by molar-refractivity contribution is -0.121. The number of carbonyl (C=O) groups is 1. The predicted molar refractivity (Wildman–Crippen MR) is 131 cm³/mol. The molecule has 0 aliphatic carbocycles. The smallest absolute Gasteiger partial charge is 0.242 e. The molecule has 0 aliphatic heterocycles. The zero-order valence-corrected chi connectivity index (χ0v) is 20.0. The first-order valence-corrected chi connectivity index (χ1v) is 11.2. The molecule has 0 radical (unpaired) electrons. The first kappa shape index (κ1) is 22.8. The Kier molecular flexibility index (Phi) is 6.65. The second kappa shape index (κ2) is 9.63. The number of hydrogen-bond donors (Lipinski definition) is 1. The molecule has 0 bridgehead atoms. The fraction of sp³-hybridized carbons (Fsp3) is 0.269. The molecule has 33 heavy (non-hydrogen) atoms. The van der Waals surface area contributed by atoms with Crippen molar-refractivity contribution in [2.75, 3.05) is 7.11 Å². The number of pyridine rings is 1. The summed E-state index contributed by atoms with van der Waals surface area (Å²) in [6.45, 7) is 4.01. The van der Waals surface area contributed by atoms with Crippen molar-refractivity contribution in [2.24, 2.45) is 7.05 Å². The van der Waals surface area contributed by atoms with E-state index in [1.54, 1.807) is 11.8 Å². The molecule has 4 rings (SSSR count). The van der Waals surface area contributed by atoms with Crippen molar-refractivity contribution < 1.29 is 9.53 Å². The van der Waals surface area contributed by atoms with Crippen LogP contribution in [0.2, 0.25) is 5.02 Å². The highest BCUT2D eigenvalue weighted by atomic mass is 35.5. The molecular formula is C26H27ClN4O2. The largest absolute Gasteiger partial charge is 0.479 e. The van der Waals surface area contributed by atoms with Crippen LogP contribution in [0.15, 0.2) is 54.6 Å². The molecule has 170 valence electrons. The van der Waals surface area contributed by atoms with Crippen LogP contribution in [0.3, 0.4) is 0 Å². The quantitative estimate of drug-likeness (QED) is 0.415. The van der Waals surface area contributed by atoms with E-state index >= 15 is 0 Å². The van der Waals surface area contributed by atoms with E-state index in [2.05, 4.69) is 10.4 Å². The minimum Gasteiger partial charge on any atom is -0.479 e. The molecule has 7 heteroatoms. The Balaban J connectivity index is 1.57. The number of amides is 1. The zero-order chi connectivity index (χ0) is 23.5. The van der Waals surface area contributed by atoms with Gasteiger partial charge in [0.2, 0.25) is 11.8 Å². The predicted octanol–water partition coefficient (Wildman–Crippen LogP) is 5.09. The Morgan fingerprint density at radius 2 is 1.85 bits per heavy atom. The van der Waals surface area contributed by atoms with Crippen molar-refractivity contribution in [3.63, 3.8) is 0 Å². The summed E-state index contributed by atoms with van der Waals surface area (Å²) in [6, 6.07) is 17.2. The number of nitrogens with zero attached hydrogens (tertiary/aromatic N) is 3. The minimum absolute atomic E-state index is 0.0409. The number of fused-ring (bicyclic) bond motifs is 1. The molecule has 2 aromatic heterocycles. The fourth-order valence-corrected chi connectivity index (χ4v) is 4.47. The minimum atomic E-state index is -0.279. The molecule has 1 N–H and O–H groups in total. The van der Waals surface area contributed by atoms with Crippen LogP contribution in [0.25, 0.3) is 11.0 Å². The van der Waals surface area contributed by atoms with Gasteiger partial charge < -0.3 is 10.1 Å². The van der Waals surface area contributed by atoms with E-state index in [1.165, 1.54) is 0 Å². The van der Waals surface area contributed by atoms with Crippen LogP contribution in [0, 0.1) is 13.8 Å². The van der Waals surface area contributed by atoms with Gasteiger partial charge >= 0.3 is 0 Å². The maximum atomic E-state index is 13.1. The first-order valence-electron chi connectivity index (χ1n) is 10.9. The number of carbonyl (C=O) groups excluding carboxylic acids is 1. The first-order chi connectivity index (χ1) is 15.9. The van der Waals surface area contributed by atoms with Crippen LogP contribution in [-0.4, -0.2) is 27.8 Å². The van der Waals surface area contributed by atoms with E-state index in [0.717, 1.165) is 39.0 Å². The van der Waals surface area contributed by atoms with Crippen molar-refractivity contribution in [1.82, 2.24) is 20.1 Å². The van der Waals surface area contributed by atoms with Crippen LogP contribution in [0.5, 0.6) is 5.88 Å². The van der Waals surface area contributed by atoms with E-state index in [0.29, 0.717) is 23.7 Å². The average Bonchev–Trinajstić information content (AvgIpc) is 3.13. The molecule has 1 amide bonds. The van der Waals surface area contributed by atoms with E-state index in [-0.39, 0.29) is 11.9 Å². The lowest BCUT2D eigenvalue weighted by Crippen LogP contribution is -2.29. The van der Waals surface area contributed by atoms with E-state index < -0.39 is 0 Å². The van der Waals surface area contributed by atoms with Gasteiger partial charge in [0, 0.05) is 24.2 Å². The number of hydrogen-bond acceptors (Lipinski definition) is 4. The van der Waals surface area contributed by atoms with E-state index in [4.69, 9.17) is 21.3 Å². The number of halogens is 1. The standard InChI is InChI=1S/C26H27ClN4O2/c1-16-21(17(2)28-25-23(16)26(33-4)30-31(25)3)13-14-22(32)29-24(18-9-6-5-7-10-18)19-11-8-12-20(27)15-19/h5-12,15,24H,13-14H2,1-4H3,(H,29,32). The Bertz CT molecular complexity index is 1300. The van der Waals surface area contributed by atoms with Crippen molar-refractivity contribution in [1.29, 1.82) is 0 Å². The number of aryl methyl sites for hydroxylation is 3. The van der Waals surface area contributed by atoms with Gasteiger partial charge in [0.15, 0.2) is 5.65 Å². The summed E-state index contributed by atoms with van der Waals surface area (Å²) in [5.41, 5.74) is 5.71. The summed E-state index contributed by atoms with van der Waals surface area (Å²) < 4.78 is 7.17. The molecule has 6 nitrogen and oxygen atoms in total. The topological polar surface area (TPSA) is 69.0 Å². The summed E-state index contributed by atoms with van der Waals surface area (Å²) >= 11 is 6.23. The highest BCUT2D eigenvalue weighted by Gasteiger charge is 2.20. The van der Waals surface area contributed by atoms with Crippen molar-refractivity contribution in [3.05, 3.63) is 87.6 Å². The number of rotatable bonds is 7. The molecule has 0 saturated heterocycles. The zero-order valence-electron chi connectivity index (χ0n) is 19.2. The number of benzene rings is 2. The molecule has 0 fully saturated rings.